The molecule has 3 aromatic rings. The number of methoxy groups -OCH3 is 1. The second-order valence-electron chi connectivity index (χ2n) is 7.92. The van der Waals surface area contributed by atoms with Gasteiger partial charge in [0.05, 0.1) is 20.3 Å². The zero-order chi connectivity index (χ0) is 25.2. The van der Waals surface area contributed by atoms with E-state index in [4.69, 9.17) is 14.2 Å². The SMILES string of the molecule is CCOC(=O)CCCOc1ccc(C(CC)=C(c2ccc(O)cc2)c2ccc(O)cc2)cc1OC. The molecule has 0 aromatic heterocycles. The fourth-order valence-corrected chi connectivity index (χ4v) is 3.90. The first-order chi connectivity index (χ1) is 17.0. The fraction of sp³-hybridized carbons (Fsp3) is 0.276. The highest BCUT2D eigenvalue weighted by molar-refractivity contribution is 5.99. The first kappa shape index (κ1) is 25.7. The average Bonchev–Trinajstić information content (AvgIpc) is 2.87. The highest BCUT2D eigenvalue weighted by atomic mass is 16.5. The van der Waals surface area contributed by atoms with Crippen molar-refractivity contribution >= 4 is 17.1 Å². The predicted molar refractivity (Wildman–Crippen MR) is 137 cm³/mol. The summed E-state index contributed by atoms with van der Waals surface area (Å²) in [6, 6.07) is 20.0. The zero-order valence-electron chi connectivity index (χ0n) is 20.4. The van der Waals surface area contributed by atoms with Crippen molar-refractivity contribution < 1.29 is 29.2 Å². The normalized spacial score (nSPS) is 10.5. The molecule has 0 bridgehead atoms. The number of phenolic OH excluding ortho intramolecular Hbond substituents is 2. The summed E-state index contributed by atoms with van der Waals surface area (Å²) >= 11 is 0. The van der Waals surface area contributed by atoms with Crippen LogP contribution in [0.4, 0.5) is 0 Å². The number of hydrogen-bond acceptors (Lipinski definition) is 6. The molecule has 0 saturated heterocycles. The summed E-state index contributed by atoms with van der Waals surface area (Å²) in [6.45, 7) is 4.62. The van der Waals surface area contributed by atoms with E-state index in [1.54, 1.807) is 38.3 Å². The topological polar surface area (TPSA) is 85.2 Å². The second kappa shape index (κ2) is 12.5. The monoisotopic (exact) mass is 476 g/mol. The maximum Gasteiger partial charge on any atom is 0.305 e. The molecular weight excluding hydrogens is 444 g/mol. The predicted octanol–water partition coefficient (Wildman–Crippen LogP) is 6.20. The molecule has 3 rings (SSSR count). The Morgan fingerprint density at radius 1 is 0.800 bits per heavy atom. The van der Waals surface area contributed by atoms with Crippen molar-refractivity contribution in [3.05, 3.63) is 83.4 Å². The minimum absolute atomic E-state index is 0.197. The number of carbonyl (C=O) groups is 1. The van der Waals surface area contributed by atoms with E-state index >= 15 is 0 Å². The van der Waals surface area contributed by atoms with Gasteiger partial charge < -0.3 is 24.4 Å². The number of phenols is 2. The van der Waals surface area contributed by atoms with E-state index in [0.29, 0.717) is 37.6 Å². The Balaban J connectivity index is 1.96. The van der Waals surface area contributed by atoms with Crippen LogP contribution < -0.4 is 9.47 Å². The van der Waals surface area contributed by atoms with Gasteiger partial charge in [0, 0.05) is 6.42 Å². The van der Waals surface area contributed by atoms with Crippen LogP contribution in [0.25, 0.3) is 11.1 Å². The first-order valence-electron chi connectivity index (χ1n) is 11.8. The van der Waals surface area contributed by atoms with Crippen molar-refractivity contribution in [1.82, 2.24) is 0 Å². The summed E-state index contributed by atoms with van der Waals surface area (Å²) in [5.41, 5.74) is 4.94. The van der Waals surface area contributed by atoms with E-state index in [-0.39, 0.29) is 17.5 Å². The molecule has 0 fully saturated rings. The molecule has 6 heteroatoms. The van der Waals surface area contributed by atoms with E-state index in [0.717, 1.165) is 34.3 Å². The minimum atomic E-state index is -0.230. The third-order valence-electron chi connectivity index (χ3n) is 5.57. The Bertz CT molecular complexity index is 1100. The molecule has 0 saturated carbocycles. The molecule has 0 aliphatic heterocycles. The van der Waals surface area contributed by atoms with E-state index < -0.39 is 0 Å². The van der Waals surface area contributed by atoms with Crippen LogP contribution in [0, 0.1) is 0 Å². The molecule has 2 N–H and O–H groups in total. The van der Waals surface area contributed by atoms with Gasteiger partial charge in [-0.3, -0.25) is 4.79 Å². The van der Waals surface area contributed by atoms with Gasteiger partial charge in [0.1, 0.15) is 11.5 Å². The highest BCUT2D eigenvalue weighted by Gasteiger charge is 2.16. The fourth-order valence-electron chi connectivity index (χ4n) is 3.90. The molecular formula is C29H32O6. The Kier molecular flexibility index (Phi) is 9.18. The number of allylic oxidation sites excluding steroid dienone is 1. The van der Waals surface area contributed by atoms with Gasteiger partial charge in [0.15, 0.2) is 11.5 Å². The van der Waals surface area contributed by atoms with Gasteiger partial charge in [0.25, 0.3) is 0 Å². The van der Waals surface area contributed by atoms with Crippen LogP contribution in [0.15, 0.2) is 66.7 Å². The van der Waals surface area contributed by atoms with Crippen LogP contribution in [0.5, 0.6) is 23.0 Å². The molecule has 3 aromatic carbocycles. The number of aromatic hydroxyl groups is 2. The van der Waals surface area contributed by atoms with Crippen LogP contribution >= 0.6 is 0 Å². The molecule has 6 nitrogen and oxygen atoms in total. The summed E-state index contributed by atoms with van der Waals surface area (Å²) in [5.74, 6) is 1.37. The van der Waals surface area contributed by atoms with Crippen molar-refractivity contribution in [3.8, 4) is 23.0 Å². The Morgan fingerprint density at radius 3 is 1.89 bits per heavy atom. The summed E-state index contributed by atoms with van der Waals surface area (Å²) < 4.78 is 16.4. The number of carbonyl (C=O) groups excluding carboxylic acids is 1. The number of benzene rings is 3. The highest BCUT2D eigenvalue weighted by Crippen LogP contribution is 2.38. The standard InChI is InChI=1S/C29H32O6/c1-4-25(29(20-8-13-23(30)14-9-20)21-10-15-24(31)16-11-21)22-12-17-26(27(19-22)33-3)35-18-6-7-28(32)34-5-2/h8-17,19,30-31H,4-7,18H2,1-3H3. The van der Waals surface area contributed by atoms with Crippen molar-refractivity contribution in [2.24, 2.45) is 0 Å². The zero-order valence-corrected chi connectivity index (χ0v) is 20.4. The smallest absolute Gasteiger partial charge is 0.305 e. The molecule has 35 heavy (non-hydrogen) atoms. The third-order valence-corrected chi connectivity index (χ3v) is 5.57. The maximum absolute atomic E-state index is 11.5. The molecule has 0 spiro atoms. The Labute approximate surface area is 206 Å². The Hall–Kier alpha value is -3.93. The molecule has 0 radical (unpaired) electrons. The van der Waals surface area contributed by atoms with Gasteiger partial charge in [0.2, 0.25) is 0 Å². The van der Waals surface area contributed by atoms with Crippen LogP contribution in [0.2, 0.25) is 0 Å². The van der Waals surface area contributed by atoms with Crippen molar-refractivity contribution in [2.75, 3.05) is 20.3 Å². The summed E-state index contributed by atoms with van der Waals surface area (Å²) in [7, 11) is 1.60. The van der Waals surface area contributed by atoms with E-state index in [1.807, 2.05) is 42.5 Å². The van der Waals surface area contributed by atoms with Gasteiger partial charge >= 0.3 is 5.97 Å². The van der Waals surface area contributed by atoms with Crippen LogP contribution in [-0.4, -0.2) is 36.5 Å². The third kappa shape index (κ3) is 6.79. The molecule has 0 aliphatic rings. The number of hydrogen-bond donors (Lipinski definition) is 2. The lowest BCUT2D eigenvalue weighted by Crippen LogP contribution is -2.07. The van der Waals surface area contributed by atoms with Crippen molar-refractivity contribution in [3.63, 3.8) is 0 Å². The number of rotatable bonds is 11. The van der Waals surface area contributed by atoms with Gasteiger partial charge in [-0.2, -0.15) is 0 Å². The van der Waals surface area contributed by atoms with Gasteiger partial charge in [-0.25, -0.2) is 0 Å². The van der Waals surface area contributed by atoms with Gasteiger partial charge in [-0.05, 0) is 84.0 Å². The number of ether oxygens (including phenoxy) is 3. The average molecular weight is 477 g/mol. The lowest BCUT2D eigenvalue weighted by atomic mass is 9.88. The van der Waals surface area contributed by atoms with Crippen LogP contribution in [0.3, 0.4) is 0 Å². The lowest BCUT2D eigenvalue weighted by Gasteiger charge is -2.18. The van der Waals surface area contributed by atoms with E-state index in [9.17, 15) is 15.0 Å². The summed E-state index contributed by atoms with van der Waals surface area (Å²) in [5, 5.41) is 19.6. The molecule has 184 valence electrons. The Morgan fingerprint density at radius 2 is 1.37 bits per heavy atom. The van der Waals surface area contributed by atoms with Crippen molar-refractivity contribution in [2.45, 2.75) is 33.1 Å². The molecule has 0 aliphatic carbocycles. The number of esters is 1. The molecule has 0 unspecified atom stereocenters. The minimum Gasteiger partial charge on any atom is -0.508 e. The summed E-state index contributed by atoms with van der Waals surface area (Å²) in [6.07, 6.45) is 1.59. The van der Waals surface area contributed by atoms with Crippen LogP contribution in [0.1, 0.15) is 49.8 Å². The first-order valence-corrected chi connectivity index (χ1v) is 11.8. The quantitative estimate of drug-likeness (QED) is 0.195. The maximum atomic E-state index is 11.5. The van der Waals surface area contributed by atoms with E-state index in [2.05, 4.69) is 6.92 Å². The van der Waals surface area contributed by atoms with Crippen LogP contribution in [-0.2, 0) is 9.53 Å². The molecule has 0 heterocycles. The van der Waals surface area contributed by atoms with Gasteiger partial charge in [-0.15, -0.1) is 0 Å². The van der Waals surface area contributed by atoms with Gasteiger partial charge in [-0.1, -0.05) is 37.3 Å². The lowest BCUT2D eigenvalue weighted by molar-refractivity contribution is -0.143. The molecule has 0 amide bonds. The second-order valence-corrected chi connectivity index (χ2v) is 7.92. The molecule has 0 atom stereocenters. The van der Waals surface area contributed by atoms with Crippen molar-refractivity contribution in [1.29, 1.82) is 0 Å². The van der Waals surface area contributed by atoms with E-state index in [1.165, 1.54) is 0 Å². The largest absolute Gasteiger partial charge is 0.508 e. The summed E-state index contributed by atoms with van der Waals surface area (Å²) in [4.78, 5) is 11.5.